The van der Waals surface area contributed by atoms with Crippen molar-refractivity contribution in [2.45, 2.75) is 6.61 Å². The van der Waals surface area contributed by atoms with Gasteiger partial charge in [-0.1, -0.05) is 11.6 Å². The van der Waals surface area contributed by atoms with Gasteiger partial charge in [-0.2, -0.15) is 0 Å². The third-order valence-corrected chi connectivity index (χ3v) is 3.22. The zero-order valence-corrected chi connectivity index (χ0v) is 13.3. The van der Waals surface area contributed by atoms with Crippen molar-refractivity contribution in [3.05, 3.63) is 52.6 Å². The van der Waals surface area contributed by atoms with Crippen LogP contribution in [0.15, 0.2) is 30.3 Å². The average molecular weight is 345 g/mol. The maximum absolute atomic E-state index is 13.9. The normalized spacial score (nSPS) is 10.5. The van der Waals surface area contributed by atoms with E-state index in [0.717, 1.165) is 6.07 Å². The molecule has 7 heteroatoms. The minimum Gasteiger partial charge on any atom is -0.496 e. The van der Waals surface area contributed by atoms with E-state index >= 15 is 0 Å². The molecule has 124 valence electrons. The smallest absolute Gasteiger partial charge is 0.188 e. The molecule has 4 nitrogen and oxygen atoms in total. The summed E-state index contributed by atoms with van der Waals surface area (Å²) < 4.78 is 48.0. The van der Waals surface area contributed by atoms with Gasteiger partial charge < -0.3 is 18.9 Å². The second-order valence-corrected chi connectivity index (χ2v) is 4.91. The second-order valence-electron chi connectivity index (χ2n) is 4.47. The van der Waals surface area contributed by atoms with Crippen LogP contribution in [0.5, 0.6) is 17.2 Å². The van der Waals surface area contributed by atoms with Crippen LogP contribution in [-0.2, 0) is 11.3 Å². The fourth-order valence-electron chi connectivity index (χ4n) is 1.89. The van der Waals surface area contributed by atoms with Gasteiger partial charge in [0, 0.05) is 18.2 Å². The van der Waals surface area contributed by atoms with Gasteiger partial charge in [0.25, 0.3) is 0 Å². The number of ether oxygens (including phenoxy) is 4. The predicted octanol–water partition coefficient (Wildman–Crippen LogP) is 4.19. The van der Waals surface area contributed by atoms with Gasteiger partial charge in [0.05, 0.1) is 12.7 Å². The van der Waals surface area contributed by atoms with Crippen molar-refractivity contribution >= 4 is 11.6 Å². The van der Waals surface area contributed by atoms with Crippen molar-refractivity contribution < 1.29 is 27.7 Å². The molecule has 0 atom stereocenters. The highest BCUT2D eigenvalue weighted by atomic mass is 35.5. The van der Waals surface area contributed by atoms with Crippen molar-refractivity contribution in [1.29, 1.82) is 0 Å². The fourth-order valence-corrected chi connectivity index (χ4v) is 2.05. The molecule has 0 fully saturated rings. The fraction of sp³-hybridized carbons (Fsp3) is 0.250. The van der Waals surface area contributed by atoms with Crippen LogP contribution in [0.4, 0.5) is 8.78 Å². The highest BCUT2D eigenvalue weighted by Gasteiger charge is 2.16. The minimum absolute atomic E-state index is 0.00561. The topological polar surface area (TPSA) is 36.9 Å². The Kier molecular flexibility index (Phi) is 6.01. The van der Waals surface area contributed by atoms with Crippen molar-refractivity contribution in [3.63, 3.8) is 0 Å². The first-order valence-electron chi connectivity index (χ1n) is 6.61. The zero-order chi connectivity index (χ0) is 16.8. The summed E-state index contributed by atoms with van der Waals surface area (Å²) in [6, 6.07) is 7.02. The standard InChI is InChI=1S/C16H15ClF2O4/c1-20-9-23-15-7-10(17)3-5-14(15)22-8-11-13(21-2)6-4-12(18)16(11)19/h3-7H,8-9H2,1-2H3. The lowest BCUT2D eigenvalue weighted by Crippen LogP contribution is -2.06. The monoisotopic (exact) mass is 344 g/mol. The van der Waals surface area contributed by atoms with Crippen molar-refractivity contribution in [3.8, 4) is 17.2 Å². The zero-order valence-electron chi connectivity index (χ0n) is 12.6. The van der Waals surface area contributed by atoms with Crippen LogP contribution in [-0.4, -0.2) is 21.0 Å². The number of methoxy groups -OCH3 is 2. The van der Waals surface area contributed by atoms with Crippen molar-refractivity contribution in [1.82, 2.24) is 0 Å². The van der Waals surface area contributed by atoms with Gasteiger partial charge >= 0.3 is 0 Å². The Morgan fingerprint density at radius 1 is 0.957 bits per heavy atom. The molecule has 0 aromatic heterocycles. The van der Waals surface area contributed by atoms with Crippen molar-refractivity contribution in [2.75, 3.05) is 21.0 Å². The summed E-state index contributed by atoms with van der Waals surface area (Å²) >= 11 is 5.90. The molecular formula is C16H15ClF2O4. The number of hydrogen-bond acceptors (Lipinski definition) is 4. The first-order valence-corrected chi connectivity index (χ1v) is 6.99. The van der Waals surface area contributed by atoms with Crippen LogP contribution < -0.4 is 14.2 Å². The molecule has 0 saturated carbocycles. The summed E-state index contributed by atoms with van der Waals surface area (Å²) in [6.45, 7) is -0.244. The molecule has 0 heterocycles. The van der Waals surface area contributed by atoms with Crippen LogP contribution in [0.3, 0.4) is 0 Å². The molecular weight excluding hydrogens is 330 g/mol. The third kappa shape index (κ3) is 4.24. The van der Waals surface area contributed by atoms with Crippen LogP contribution in [0.1, 0.15) is 5.56 Å². The molecule has 0 unspecified atom stereocenters. The van der Waals surface area contributed by atoms with Gasteiger partial charge in [0.2, 0.25) is 0 Å². The molecule has 0 bridgehead atoms. The molecule has 0 N–H and O–H groups in total. The first-order chi connectivity index (χ1) is 11.1. The summed E-state index contributed by atoms with van der Waals surface area (Å²) in [7, 11) is 2.84. The second kappa shape index (κ2) is 7.99. The van der Waals surface area contributed by atoms with Gasteiger partial charge in [-0.25, -0.2) is 8.78 Å². The van der Waals surface area contributed by atoms with E-state index in [-0.39, 0.29) is 24.7 Å². The SMILES string of the molecule is COCOc1cc(Cl)ccc1OCc1c(OC)ccc(F)c1F. The molecule has 0 aliphatic carbocycles. The van der Waals surface area contributed by atoms with Gasteiger partial charge in [0.15, 0.2) is 29.9 Å². The first kappa shape index (κ1) is 17.3. The molecule has 0 radical (unpaired) electrons. The molecule has 2 aromatic rings. The third-order valence-electron chi connectivity index (χ3n) is 2.98. The average Bonchev–Trinajstić information content (AvgIpc) is 2.55. The number of benzene rings is 2. The Morgan fingerprint density at radius 2 is 1.70 bits per heavy atom. The van der Waals surface area contributed by atoms with Crippen molar-refractivity contribution in [2.24, 2.45) is 0 Å². The number of hydrogen-bond donors (Lipinski definition) is 0. The Hall–Kier alpha value is -2.05. The lowest BCUT2D eigenvalue weighted by Gasteiger charge is -2.14. The largest absolute Gasteiger partial charge is 0.496 e. The molecule has 0 aliphatic heterocycles. The summed E-state index contributed by atoms with van der Waals surface area (Å²) in [6.07, 6.45) is 0. The van der Waals surface area contributed by atoms with Crippen LogP contribution >= 0.6 is 11.6 Å². The molecule has 0 amide bonds. The van der Waals surface area contributed by atoms with E-state index in [9.17, 15) is 8.78 Å². The Labute approximate surface area is 137 Å². The summed E-state index contributed by atoms with van der Waals surface area (Å²) in [5.41, 5.74) is -0.0276. The molecule has 2 rings (SSSR count). The molecule has 23 heavy (non-hydrogen) atoms. The molecule has 2 aromatic carbocycles. The molecule has 0 saturated heterocycles. The van der Waals surface area contributed by atoms with Crippen LogP contribution in [0, 0.1) is 11.6 Å². The number of rotatable bonds is 7. The van der Waals surface area contributed by atoms with E-state index in [1.54, 1.807) is 12.1 Å². The molecule has 0 aliphatic rings. The highest BCUT2D eigenvalue weighted by molar-refractivity contribution is 6.30. The molecule has 0 spiro atoms. The maximum atomic E-state index is 13.9. The van der Waals surface area contributed by atoms with E-state index in [1.165, 1.54) is 26.4 Å². The van der Waals surface area contributed by atoms with Gasteiger partial charge in [-0.15, -0.1) is 0 Å². The maximum Gasteiger partial charge on any atom is 0.188 e. The van der Waals surface area contributed by atoms with E-state index in [1.807, 2.05) is 0 Å². The summed E-state index contributed by atoms with van der Waals surface area (Å²) in [5, 5.41) is 0.443. The summed E-state index contributed by atoms with van der Waals surface area (Å²) in [5.74, 6) is -1.15. The highest BCUT2D eigenvalue weighted by Crippen LogP contribution is 2.32. The lowest BCUT2D eigenvalue weighted by atomic mass is 10.2. The minimum atomic E-state index is -1.02. The van der Waals surface area contributed by atoms with Gasteiger partial charge in [0.1, 0.15) is 12.4 Å². The van der Waals surface area contributed by atoms with E-state index < -0.39 is 11.6 Å². The van der Waals surface area contributed by atoms with E-state index in [2.05, 4.69) is 0 Å². The van der Waals surface area contributed by atoms with E-state index in [0.29, 0.717) is 16.5 Å². The van der Waals surface area contributed by atoms with Crippen LogP contribution in [0.2, 0.25) is 5.02 Å². The van der Waals surface area contributed by atoms with Crippen LogP contribution in [0.25, 0.3) is 0 Å². The Balaban J connectivity index is 2.23. The lowest BCUT2D eigenvalue weighted by molar-refractivity contribution is 0.0483. The predicted molar refractivity (Wildman–Crippen MR) is 81.2 cm³/mol. The number of halogens is 3. The van der Waals surface area contributed by atoms with Gasteiger partial charge in [-0.05, 0) is 24.3 Å². The Bertz CT molecular complexity index is 679. The quantitative estimate of drug-likeness (QED) is 0.706. The Morgan fingerprint density at radius 3 is 2.39 bits per heavy atom. The van der Waals surface area contributed by atoms with E-state index in [4.69, 9.17) is 30.5 Å². The van der Waals surface area contributed by atoms with Gasteiger partial charge in [-0.3, -0.25) is 0 Å². The summed E-state index contributed by atoms with van der Waals surface area (Å²) in [4.78, 5) is 0.